The Hall–Kier alpha value is -1.40. The number of piperazine rings is 1. The van der Waals surface area contributed by atoms with Crippen molar-refractivity contribution in [1.82, 2.24) is 9.80 Å². The lowest BCUT2D eigenvalue weighted by Crippen LogP contribution is -2.52. The molecule has 0 spiro atoms. The quantitative estimate of drug-likeness (QED) is 0.797. The molecule has 4 nitrogen and oxygen atoms in total. The van der Waals surface area contributed by atoms with E-state index in [1.165, 1.54) is 10.4 Å². The number of carbonyl (C=O) groups excluding carboxylic acids is 1. The molecule has 1 aromatic heterocycles. The van der Waals surface area contributed by atoms with Gasteiger partial charge in [-0.1, -0.05) is 29.3 Å². The van der Waals surface area contributed by atoms with Gasteiger partial charge >= 0.3 is 0 Å². The molecule has 2 aromatic rings. The molecular weight excluding hydrogens is 378 g/mol. The minimum Gasteiger partial charge on any atom is -0.324 e. The standard InChI is InChI=1S/C21H28ClN3OS/c1-14-11-15(2)20(16(3)12-14)23-21(26)17(4)25-9-7-24(8-10-25)13-18-5-6-19(22)27-18/h5-6,11-12,17H,7-10,13H2,1-4H3,(H,23,26)/t17-/m0/s1. The fraction of sp³-hybridized carbons (Fsp3) is 0.476. The number of amides is 1. The number of rotatable bonds is 5. The molecule has 146 valence electrons. The van der Waals surface area contributed by atoms with Gasteiger partial charge in [0, 0.05) is 43.3 Å². The molecule has 1 aliphatic heterocycles. The summed E-state index contributed by atoms with van der Waals surface area (Å²) in [5.41, 5.74) is 4.41. The summed E-state index contributed by atoms with van der Waals surface area (Å²) in [4.78, 5) is 18.8. The molecule has 1 fully saturated rings. The van der Waals surface area contributed by atoms with Crippen LogP contribution in [0.4, 0.5) is 5.69 Å². The Balaban J connectivity index is 1.54. The Labute approximate surface area is 171 Å². The number of aryl methyl sites for hydroxylation is 3. The predicted molar refractivity (Wildman–Crippen MR) is 115 cm³/mol. The smallest absolute Gasteiger partial charge is 0.241 e. The van der Waals surface area contributed by atoms with Gasteiger partial charge in [0.1, 0.15) is 0 Å². The molecular formula is C21H28ClN3OS. The molecule has 0 saturated carbocycles. The zero-order chi connectivity index (χ0) is 19.6. The first-order valence-electron chi connectivity index (χ1n) is 9.43. The van der Waals surface area contributed by atoms with Crippen LogP contribution < -0.4 is 5.32 Å². The van der Waals surface area contributed by atoms with Gasteiger partial charge in [0.25, 0.3) is 0 Å². The normalized spacial score (nSPS) is 17.1. The van der Waals surface area contributed by atoms with Gasteiger partial charge in [-0.3, -0.25) is 14.6 Å². The van der Waals surface area contributed by atoms with E-state index in [-0.39, 0.29) is 11.9 Å². The highest BCUT2D eigenvalue weighted by Gasteiger charge is 2.26. The number of benzene rings is 1. The van der Waals surface area contributed by atoms with Crippen molar-refractivity contribution in [3.05, 3.63) is 50.2 Å². The van der Waals surface area contributed by atoms with Crippen molar-refractivity contribution < 1.29 is 4.79 Å². The van der Waals surface area contributed by atoms with Gasteiger partial charge in [0.05, 0.1) is 10.4 Å². The fourth-order valence-corrected chi connectivity index (χ4v) is 4.87. The maximum Gasteiger partial charge on any atom is 0.241 e. The van der Waals surface area contributed by atoms with Crippen molar-refractivity contribution in [2.75, 3.05) is 31.5 Å². The van der Waals surface area contributed by atoms with Crippen molar-refractivity contribution >= 4 is 34.5 Å². The molecule has 1 aliphatic rings. The van der Waals surface area contributed by atoms with Crippen LogP contribution >= 0.6 is 22.9 Å². The van der Waals surface area contributed by atoms with Crippen LogP contribution in [0, 0.1) is 20.8 Å². The second-order valence-corrected chi connectivity index (χ2v) is 9.26. The fourth-order valence-electron chi connectivity index (χ4n) is 3.74. The van der Waals surface area contributed by atoms with Crippen molar-refractivity contribution in [3.63, 3.8) is 0 Å². The Morgan fingerprint density at radius 2 is 1.78 bits per heavy atom. The minimum absolute atomic E-state index is 0.0727. The lowest BCUT2D eigenvalue weighted by molar-refractivity contribution is -0.121. The van der Waals surface area contributed by atoms with Gasteiger partial charge in [-0.15, -0.1) is 11.3 Å². The van der Waals surface area contributed by atoms with Crippen LogP contribution in [0.25, 0.3) is 0 Å². The number of nitrogens with one attached hydrogen (secondary N) is 1. The second kappa shape index (κ2) is 8.74. The van der Waals surface area contributed by atoms with Crippen LogP contribution in [0.2, 0.25) is 4.34 Å². The van der Waals surface area contributed by atoms with E-state index in [1.54, 1.807) is 11.3 Å². The molecule has 1 saturated heterocycles. The van der Waals surface area contributed by atoms with Gasteiger partial charge in [0.15, 0.2) is 0 Å². The van der Waals surface area contributed by atoms with E-state index in [0.29, 0.717) is 0 Å². The Morgan fingerprint density at radius 3 is 2.33 bits per heavy atom. The first-order chi connectivity index (χ1) is 12.8. The van der Waals surface area contributed by atoms with Crippen LogP contribution in [0.15, 0.2) is 24.3 Å². The number of carbonyl (C=O) groups is 1. The van der Waals surface area contributed by atoms with E-state index in [1.807, 2.05) is 13.0 Å². The lowest BCUT2D eigenvalue weighted by atomic mass is 10.0. The predicted octanol–water partition coefficient (Wildman–Crippen LogP) is 4.47. The first kappa shape index (κ1) is 20.3. The van der Waals surface area contributed by atoms with E-state index in [9.17, 15) is 4.79 Å². The van der Waals surface area contributed by atoms with E-state index < -0.39 is 0 Å². The monoisotopic (exact) mass is 405 g/mol. The number of hydrogen-bond donors (Lipinski definition) is 1. The Kier molecular flexibility index (Phi) is 6.58. The lowest BCUT2D eigenvalue weighted by Gasteiger charge is -2.37. The maximum atomic E-state index is 12.8. The molecule has 0 bridgehead atoms. The third kappa shape index (κ3) is 5.11. The minimum atomic E-state index is -0.136. The maximum absolute atomic E-state index is 12.8. The number of halogens is 1. The van der Waals surface area contributed by atoms with Crippen LogP contribution in [-0.2, 0) is 11.3 Å². The summed E-state index contributed by atoms with van der Waals surface area (Å²) in [7, 11) is 0. The molecule has 0 unspecified atom stereocenters. The van der Waals surface area contributed by atoms with Crippen LogP contribution in [-0.4, -0.2) is 47.9 Å². The average molecular weight is 406 g/mol. The zero-order valence-corrected chi connectivity index (χ0v) is 18.1. The van der Waals surface area contributed by atoms with Gasteiger partial charge in [-0.05, 0) is 51.0 Å². The number of nitrogens with zero attached hydrogens (tertiary/aromatic N) is 2. The van der Waals surface area contributed by atoms with Gasteiger partial charge in [-0.25, -0.2) is 0 Å². The van der Waals surface area contributed by atoms with Crippen molar-refractivity contribution in [2.24, 2.45) is 0 Å². The average Bonchev–Trinajstić information content (AvgIpc) is 3.02. The summed E-state index contributed by atoms with van der Waals surface area (Å²) >= 11 is 7.67. The largest absolute Gasteiger partial charge is 0.324 e. The van der Waals surface area contributed by atoms with E-state index in [4.69, 9.17) is 11.6 Å². The highest BCUT2D eigenvalue weighted by Crippen LogP contribution is 2.24. The molecule has 0 aliphatic carbocycles. The van der Waals surface area contributed by atoms with Gasteiger partial charge < -0.3 is 5.32 Å². The molecule has 3 rings (SSSR count). The summed E-state index contributed by atoms with van der Waals surface area (Å²) in [6, 6.07) is 8.15. The summed E-state index contributed by atoms with van der Waals surface area (Å²) in [6.07, 6.45) is 0. The van der Waals surface area contributed by atoms with Crippen LogP contribution in [0.3, 0.4) is 0 Å². The van der Waals surface area contributed by atoms with Crippen LogP contribution in [0.5, 0.6) is 0 Å². The summed E-state index contributed by atoms with van der Waals surface area (Å²) in [5.74, 6) is 0.0727. The van der Waals surface area contributed by atoms with E-state index in [0.717, 1.165) is 53.9 Å². The summed E-state index contributed by atoms with van der Waals surface area (Å²) in [5, 5.41) is 3.15. The number of thiophene rings is 1. The summed E-state index contributed by atoms with van der Waals surface area (Å²) < 4.78 is 0.843. The van der Waals surface area contributed by atoms with Crippen molar-refractivity contribution in [2.45, 2.75) is 40.3 Å². The third-order valence-corrected chi connectivity index (χ3v) is 6.48. The highest BCUT2D eigenvalue weighted by molar-refractivity contribution is 7.16. The Morgan fingerprint density at radius 1 is 1.15 bits per heavy atom. The zero-order valence-electron chi connectivity index (χ0n) is 16.5. The third-order valence-electron chi connectivity index (χ3n) is 5.27. The topological polar surface area (TPSA) is 35.6 Å². The van der Waals surface area contributed by atoms with Crippen LogP contribution in [0.1, 0.15) is 28.5 Å². The van der Waals surface area contributed by atoms with Crippen molar-refractivity contribution in [1.29, 1.82) is 0 Å². The number of hydrogen-bond acceptors (Lipinski definition) is 4. The molecule has 6 heteroatoms. The molecule has 0 radical (unpaired) electrons. The number of anilines is 1. The highest BCUT2D eigenvalue weighted by atomic mass is 35.5. The van der Waals surface area contributed by atoms with Crippen molar-refractivity contribution in [3.8, 4) is 0 Å². The molecule has 27 heavy (non-hydrogen) atoms. The molecule has 1 N–H and O–H groups in total. The van der Waals surface area contributed by atoms with E-state index >= 15 is 0 Å². The van der Waals surface area contributed by atoms with Gasteiger partial charge in [0.2, 0.25) is 5.91 Å². The molecule has 1 aromatic carbocycles. The molecule has 1 atom stereocenters. The molecule has 2 heterocycles. The second-order valence-electron chi connectivity index (χ2n) is 7.46. The summed E-state index contributed by atoms with van der Waals surface area (Å²) in [6.45, 7) is 12.9. The SMILES string of the molecule is Cc1cc(C)c(NC(=O)[C@H](C)N2CCN(Cc3ccc(Cl)s3)CC2)c(C)c1. The molecule has 1 amide bonds. The van der Waals surface area contributed by atoms with E-state index in [2.05, 4.69) is 54.1 Å². The first-order valence-corrected chi connectivity index (χ1v) is 10.6. The Bertz CT molecular complexity index is 789. The van der Waals surface area contributed by atoms with Gasteiger partial charge in [-0.2, -0.15) is 0 Å².